The van der Waals surface area contributed by atoms with Gasteiger partial charge in [0.25, 0.3) is 0 Å². The van der Waals surface area contributed by atoms with Gasteiger partial charge in [-0.3, -0.25) is 0 Å². The van der Waals surface area contributed by atoms with Crippen molar-refractivity contribution in [3.8, 4) is 5.75 Å². The molecule has 0 bridgehead atoms. The van der Waals surface area contributed by atoms with Gasteiger partial charge >= 0.3 is 5.97 Å². The zero-order valence-corrected chi connectivity index (χ0v) is 18.5. The Labute approximate surface area is 176 Å². The van der Waals surface area contributed by atoms with Gasteiger partial charge < -0.3 is 4.74 Å². The van der Waals surface area contributed by atoms with Crippen molar-refractivity contribution in [3.05, 3.63) is 76.4 Å². The minimum atomic E-state index is -0.274. The van der Waals surface area contributed by atoms with E-state index in [2.05, 4.69) is 46.8 Å². The largest absolute Gasteiger partial charge is 0.423 e. The van der Waals surface area contributed by atoms with E-state index in [9.17, 15) is 4.79 Å². The highest BCUT2D eigenvalue weighted by molar-refractivity contribution is 5.91. The summed E-state index contributed by atoms with van der Waals surface area (Å²) in [6, 6.07) is 13.6. The molecule has 0 N–H and O–H groups in total. The fourth-order valence-corrected chi connectivity index (χ4v) is 4.60. The molecular weight excluding hydrogens is 356 g/mol. The predicted octanol–water partition coefficient (Wildman–Crippen LogP) is 7.58. The van der Waals surface area contributed by atoms with Gasteiger partial charge in [0.1, 0.15) is 5.75 Å². The summed E-state index contributed by atoms with van der Waals surface area (Å²) in [5.74, 6) is 2.02. The molecule has 2 aromatic carbocycles. The van der Waals surface area contributed by atoms with Crippen molar-refractivity contribution in [2.75, 3.05) is 0 Å². The summed E-state index contributed by atoms with van der Waals surface area (Å²) in [6.45, 7) is 11.1. The van der Waals surface area contributed by atoms with Crippen molar-refractivity contribution < 1.29 is 9.53 Å². The van der Waals surface area contributed by atoms with Crippen LogP contribution < -0.4 is 4.74 Å². The molecule has 29 heavy (non-hydrogen) atoms. The zero-order valence-electron chi connectivity index (χ0n) is 18.5. The van der Waals surface area contributed by atoms with Crippen LogP contribution in [0.15, 0.2) is 54.1 Å². The molecule has 154 valence electrons. The summed E-state index contributed by atoms with van der Waals surface area (Å²) >= 11 is 0. The third-order valence-corrected chi connectivity index (χ3v) is 6.19. The molecule has 0 fully saturated rings. The van der Waals surface area contributed by atoms with Crippen LogP contribution in [0.4, 0.5) is 0 Å². The summed E-state index contributed by atoms with van der Waals surface area (Å²) in [5, 5.41) is 0. The Morgan fingerprint density at radius 1 is 1.17 bits per heavy atom. The molecule has 1 aliphatic carbocycles. The second-order valence-electron chi connectivity index (χ2n) is 8.94. The lowest BCUT2D eigenvalue weighted by molar-refractivity contribution is 0.0732. The number of ether oxygens (including phenoxy) is 1. The van der Waals surface area contributed by atoms with E-state index >= 15 is 0 Å². The van der Waals surface area contributed by atoms with Crippen LogP contribution in [0.1, 0.15) is 92.3 Å². The number of carbonyl (C=O) groups excluding carboxylic acids is 1. The first kappa shape index (κ1) is 21.4. The fraction of sp³-hybridized carbons (Fsp3) is 0.444. The van der Waals surface area contributed by atoms with Crippen LogP contribution in [-0.2, 0) is 0 Å². The quantitative estimate of drug-likeness (QED) is 0.289. The Morgan fingerprint density at radius 2 is 1.90 bits per heavy atom. The molecule has 0 aliphatic heterocycles. The first-order valence-electron chi connectivity index (χ1n) is 10.9. The van der Waals surface area contributed by atoms with Crippen LogP contribution in [-0.4, -0.2) is 5.97 Å². The Kier molecular flexibility index (Phi) is 6.95. The van der Waals surface area contributed by atoms with E-state index in [0.29, 0.717) is 23.3 Å². The van der Waals surface area contributed by atoms with Gasteiger partial charge in [-0.1, -0.05) is 49.8 Å². The number of carbonyl (C=O) groups is 1. The molecule has 3 rings (SSSR count). The Hall–Kier alpha value is -2.35. The first-order valence-corrected chi connectivity index (χ1v) is 10.9. The summed E-state index contributed by atoms with van der Waals surface area (Å²) in [4.78, 5) is 12.7. The maximum absolute atomic E-state index is 12.7. The molecule has 3 atom stereocenters. The predicted molar refractivity (Wildman–Crippen MR) is 121 cm³/mol. The van der Waals surface area contributed by atoms with Crippen molar-refractivity contribution in [2.24, 2.45) is 5.92 Å². The monoisotopic (exact) mass is 390 g/mol. The topological polar surface area (TPSA) is 26.3 Å². The van der Waals surface area contributed by atoms with Crippen molar-refractivity contribution in [3.63, 3.8) is 0 Å². The van der Waals surface area contributed by atoms with Gasteiger partial charge in [0.05, 0.1) is 5.56 Å². The number of esters is 1. The molecule has 0 saturated heterocycles. The van der Waals surface area contributed by atoms with E-state index in [1.165, 1.54) is 29.5 Å². The summed E-state index contributed by atoms with van der Waals surface area (Å²) in [7, 11) is 0. The average Bonchev–Trinajstić information content (AvgIpc) is 2.68. The van der Waals surface area contributed by atoms with Crippen LogP contribution in [0.5, 0.6) is 5.75 Å². The van der Waals surface area contributed by atoms with E-state index in [1.807, 2.05) is 36.4 Å². The lowest BCUT2D eigenvalue weighted by Crippen LogP contribution is -2.21. The Bertz CT molecular complexity index is 875. The number of hydrogen-bond donors (Lipinski definition) is 0. The van der Waals surface area contributed by atoms with Gasteiger partial charge in [-0.05, 0) is 93.5 Å². The Balaban J connectivity index is 1.90. The van der Waals surface area contributed by atoms with Gasteiger partial charge in [-0.2, -0.15) is 0 Å². The highest BCUT2D eigenvalue weighted by Crippen LogP contribution is 2.47. The minimum Gasteiger partial charge on any atom is -0.423 e. The maximum atomic E-state index is 12.7. The van der Waals surface area contributed by atoms with Crippen molar-refractivity contribution in [1.82, 2.24) is 0 Å². The molecule has 0 heterocycles. The van der Waals surface area contributed by atoms with Crippen LogP contribution in [0.25, 0.3) is 0 Å². The van der Waals surface area contributed by atoms with E-state index < -0.39 is 0 Å². The van der Waals surface area contributed by atoms with Crippen LogP contribution in [0.3, 0.4) is 0 Å². The molecule has 0 aromatic heterocycles. The van der Waals surface area contributed by atoms with Gasteiger partial charge in [0, 0.05) is 5.56 Å². The van der Waals surface area contributed by atoms with Crippen molar-refractivity contribution in [1.29, 1.82) is 0 Å². The second kappa shape index (κ2) is 9.43. The molecule has 2 aromatic rings. The summed E-state index contributed by atoms with van der Waals surface area (Å²) in [5.41, 5.74) is 5.78. The normalized spacial score (nSPS) is 19.2. The van der Waals surface area contributed by atoms with Crippen LogP contribution >= 0.6 is 0 Å². The number of benzene rings is 2. The third kappa shape index (κ3) is 5.18. The SMILES string of the molecule is CC(C)=CCC[C@H](C)C1CC[C@@H](C)c2c(OC(=O)c3ccccc3)cc(C)cc21. The standard InChI is InChI=1S/C27H34O2/c1-18(2)10-9-11-20(4)23-15-14-21(5)26-24(23)16-19(3)17-25(26)29-27(28)22-12-7-6-8-13-22/h6-8,10,12-13,16-17,20-21,23H,9,11,14-15H2,1-5H3/t20-,21+,23?/m0/s1. The lowest BCUT2D eigenvalue weighted by Gasteiger charge is -2.35. The van der Waals surface area contributed by atoms with E-state index in [0.717, 1.165) is 24.2 Å². The minimum absolute atomic E-state index is 0.274. The zero-order chi connectivity index (χ0) is 21.0. The van der Waals surface area contributed by atoms with Gasteiger partial charge in [0.2, 0.25) is 0 Å². The molecule has 2 nitrogen and oxygen atoms in total. The lowest BCUT2D eigenvalue weighted by atomic mass is 9.71. The van der Waals surface area contributed by atoms with Crippen molar-refractivity contribution in [2.45, 2.75) is 72.1 Å². The van der Waals surface area contributed by atoms with E-state index in [-0.39, 0.29) is 5.97 Å². The molecular formula is C27H34O2. The van der Waals surface area contributed by atoms with Gasteiger partial charge in [-0.15, -0.1) is 0 Å². The molecule has 2 heteroatoms. The number of hydrogen-bond acceptors (Lipinski definition) is 2. The molecule has 1 aliphatic rings. The fourth-order valence-electron chi connectivity index (χ4n) is 4.60. The molecule has 1 unspecified atom stereocenters. The third-order valence-electron chi connectivity index (χ3n) is 6.19. The summed E-state index contributed by atoms with van der Waals surface area (Å²) in [6.07, 6.45) is 7.01. The van der Waals surface area contributed by atoms with Crippen molar-refractivity contribution >= 4 is 5.97 Å². The molecule has 0 radical (unpaired) electrons. The van der Waals surface area contributed by atoms with Gasteiger partial charge in [-0.25, -0.2) is 4.79 Å². The second-order valence-corrected chi connectivity index (χ2v) is 8.94. The number of aryl methyl sites for hydroxylation is 1. The highest BCUT2D eigenvalue weighted by atomic mass is 16.5. The smallest absolute Gasteiger partial charge is 0.343 e. The maximum Gasteiger partial charge on any atom is 0.343 e. The van der Waals surface area contributed by atoms with Crippen LogP contribution in [0.2, 0.25) is 0 Å². The van der Waals surface area contributed by atoms with Gasteiger partial charge in [0.15, 0.2) is 0 Å². The van der Waals surface area contributed by atoms with Crippen LogP contribution in [0, 0.1) is 12.8 Å². The summed E-state index contributed by atoms with van der Waals surface area (Å²) < 4.78 is 5.94. The molecule has 0 saturated carbocycles. The first-order chi connectivity index (χ1) is 13.9. The van der Waals surface area contributed by atoms with E-state index in [4.69, 9.17) is 4.74 Å². The molecule has 0 amide bonds. The van der Waals surface area contributed by atoms with E-state index in [1.54, 1.807) is 0 Å². The number of fused-ring (bicyclic) bond motifs is 1. The average molecular weight is 391 g/mol. The number of allylic oxidation sites excluding steroid dienone is 2. The molecule has 0 spiro atoms. The highest BCUT2D eigenvalue weighted by Gasteiger charge is 2.31. The Morgan fingerprint density at radius 3 is 2.59 bits per heavy atom. The number of rotatable bonds is 6.